The van der Waals surface area contributed by atoms with Crippen molar-refractivity contribution in [2.24, 2.45) is 11.8 Å². The molecule has 3 amide bonds. The Labute approximate surface area is 258 Å². The molecule has 3 fully saturated rings. The molecule has 0 aromatic heterocycles. The van der Waals surface area contributed by atoms with Gasteiger partial charge in [0.2, 0.25) is 11.8 Å². The number of likely N-dealkylation sites (tertiary alicyclic amines) is 1. The van der Waals surface area contributed by atoms with Gasteiger partial charge in [-0.15, -0.1) is 24.9 Å². The van der Waals surface area contributed by atoms with Gasteiger partial charge in [0.05, 0.1) is 29.8 Å². The summed E-state index contributed by atoms with van der Waals surface area (Å²) in [4.78, 5) is 48.2. The number of benzene rings is 2. The quantitative estimate of drug-likeness (QED) is 0.359. The lowest BCUT2D eigenvalue weighted by molar-refractivity contribution is -0.139. The Morgan fingerprint density at radius 2 is 1.79 bits per heavy atom. The molecule has 3 aliphatic rings. The van der Waals surface area contributed by atoms with Crippen LogP contribution in [0.5, 0.6) is 5.75 Å². The second-order valence-corrected chi connectivity index (χ2v) is 13.1. The third-order valence-electron chi connectivity index (χ3n) is 8.93. The number of carbonyl (C=O) groups excluding carboxylic acids is 3. The summed E-state index contributed by atoms with van der Waals surface area (Å²) in [5.41, 5.74) is 3.44. The molecule has 0 aliphatic carbocycles. The van der Waals surface area contributed by atoms with E-state index >= 15 is 0 Å². The number of carbonyl (C=O) groups is 3. The summed E-state index contributed by atoms with van der Waals surface area (Å²) in [5.74, 6) is -1.12. The van der Waals surface area contributed by atoms with Gasteiger partial charge in [-0.1, -0.05) is 24.3 Å². The number of aliphatic hydroxyl groups excluding tert-OH is 1. The van der Waals surface area contributed by atoms with E-state index in [0.29, 0.717) is 24.5 Å². The summed E-state index contributed by atoms with van der Waals surface area (Å²) >= 11 is 1.62. The van der Waals surface area contributed by atoms with Gasteiger partial charge in [-0.25, -0.2) is 0 Å². The number of ether oxygens (including phenoxy) is 1. The number of amides is 3. The van der Waals surface area contributed by atoms with Crippen LogP contribution in [0.2, 0.25) is 0 Å². The van der Waals surface area contributed by atoms with Gasteiger partial charge < -0.3 is 24.5 Å². The molecule has 0 radical (unpaired) electrons. The average molecular weight is 604 g/mol. The first kappa shape index (κ1) is 30.9. The monoisotopic (exact) mass is 603 g/mol. The summed E-state index contributed by atoms with van der Waals surface area (Å²) in [6.07, 6.45) is 4.76. The maximum Gasteiger partial charge on any atom is 0.251 e. The van der Waals surface area contributed by atoms with Crippen molar-refractivity contribution < 1.29 is 24.2 Å². The zero-order chi connectivity index (χ0) is 30.9. The highest BCUT2D eigenvalue weighted by Crippen LogP contribution is 2.66. The Morgan fingerprint density at radius 1 is 1.09 bits per heavy atom. The number of aliphatic hydroxyl groups is 1. The van der Waals surface area contributed by atoms with Crippen LogP contribution in [0, 0.1) is 25.7 Å². The lowest BCUT2D eigenvalue weighted by Gasteiger charge is -2.38. The summed E-state index contributed by atoms with van der Waals surface area (Å²) in [6.45, 7) is 14.5. The normalized spacial score (nSPS) is 25.4. The third-order valence-corrected chi connectivity index (χ3v) is 10.9. The maximum atomic E-state index is 14.6. The largest absolute Gasteiger partial charge is 0.494 e. The zero-order valence-electron chi connectivity index (χ0n) is 25.2. The van der Waals surface area contributed by atoms with E-state index in [-0.39, 0.29) is 49.2 Å². The van der Waals surface area contributed by atoms with Crippen molar-refractivity contribution in [3.05, 3.63) is 78.9 Å². The van der Waals surface area contributed by atoms with Gasteiger partial charge in [-0.3, -0.25) is 14.4 Å². The SMILES string of the molecule is C=CCN(C(=O)[C@@H]1[C@@H]2CCC3(S2)C(C(=O)N(CC=C)c2cc(C)ccc2C)N(CCO)C(=O)[C@H]13)c1ccc(OCC)cc1. The topological polar surface area (TPSA) is 90.4 Å². The Kier molecular flexibility index (Phi) is 9.04. The second kappa shape index (κ2) is 12.6. The summed E-state index contributed by atoms with van der Waals surface area (Å²) in [6, 6.07) is 12.5. The third kappa shape index (κ3) is 5.27. The fourth-order valence-corrected chi connectivity index (χ4v) is 9.38. The van der Waals surface area contributed by atoms with Gasteiger partial charge in [0.25, 0.3) is 5.91 Å². The minimum absolute atomic E-state index is 0.0314. The van der Waals surface area contributed by atoms with Crippen LogP contribution in [0.4, 0.5) is 11.4 Å². The molecule has 8 nitrogen and oxygen atoms in total. The summed E-state index contributed by atoms with van der Waals surface area (Å²) in [5, 5.41) is 9.93. The van der Waals surface area contributed by atoms with Crippen molar-refractivity contribution >= 4 is 40.9 Å². The molecule has 2 aromatic rings. The molecule has 1 N–H and O–H groups in total. The molecule has 9 heteroatoms. The highest BCUT2D eigenvalue weighted by Gasteiger charge is 2.74. The van der Waals surface area contributed by atoms with Crippen LogP contribution in [0.3, 0.4) is 0 Å². The smallest absolute Gasteiger partial charge is 0.251 e. The number of hydrogen-bond acceptors (Lipinski definition) is 6. The van der Waals surface area contributed by atoms with Crippen LogP contribution in [-0.4, -0.2) is 76.6 Å². The van der Waals surface area contributed by atoms with Crippen molar-refractivity contribution in [1.29, 1.82) is 0 Å². The molecule has 1 spiro atoms. The summed E-state index contributed by atoms with van der Waals surface area (Å²) < 4.78 is 4.82. The molecule has 2 aromatic carbocycles. The Hall–Kier alpha value is -3.56. The zero-order valence-corrected chi connectivity index (χ0v) is 26.0. The van der Waals surface area contributed by atoms with E-state index in [1.807, 2.05) is 63.2 Å². The Balaban J connectivity index is 1.53. The van der Waals surface area contributed by atoms with Crippen LogP contribution in [0.25, 0.3) is 0 Å². The van der Waals surface area contributed by atoms with Crippen LogP contribution >= 0.6 is 11.8 Å². The fourth-order valence-electron chi connectivity index (χ4n) is 7.18. The van der Waals surface area contributed by atoms with Gasteiger partial charge >= 0.3 is 0 Å². The second-order valence-electron chi connectivity index (χ2n) is 11.5. The molecular weight excluding hydrogens is 562 g/mol. The number of thioether (sulfide) groups is 1. The standard InChI is InChI=1S/C34H41N3O5S/c1-6-17-35(24-11-13-25(14-12-24)42-8-3)31(39)28-27-15-16-34(43-27)29(28)32(40)37(19-20-38)30(34)33(41)36(18-7-2)26-21-22(4)9-10-23(26)5/h6-7,9-14,21,27-30,38H,1-2,8,15-20H2,3-5H3/t27-,28+,29-,30?,34?/m0/s1. The van der Waals surface area contributed by atoms with E-state index in [2.05, 4.69) is 13.2 Å². The minimum Gasteiger partial charge on any atom is -0.494 e. The fraction of sp³-hybridized carbons (Fsp3) is 0.441. The van der Waals surface area contributed by atoms with Gasteiger partial charge in [-0.2, -0.15) is 0 Å². The highest BCUT2D eigenvalue weighted by atomic mass is 32.2. The van der Waals surface area contributed by atoms with Gasteiger partial charge in [0.15, 0.2) is 0 Å². The molecule has 3 heterocycles. The van der Waals surface area contributed by atoms with Gasteiger partial charge in [0.1, 0.15) is 11.8 Å². The van der Waals surface area contributed by atoms with Crippen LogP contribution in [-0.2, 0) is 14.4 Å². The van der Waals surface area contributed by atoms with E-state index in [9.17, 15) is 19.5 Å². The van der Waals surface area contributed by atoms with Crippen LogP contribution in [0.1, 0.15) is 30.9 Å². The lowest BCUT2D eigenvalue weighted by Crippen LogP contribution is -2.55. The van der Waals surface area contributed by atoms with E-state index in [4.69, 9.17) is 4.74 Å². The van der Waals surface area contributed by atoms with Gasteiger partial charge in [0, 0.05) is 36.3 Å². The molecule has 2 bridgehead atoms. The predicted molar refractivity (Wildman–Crippen MR) is 172 cm³/mol. The molecule has 0 saturated carbocycles. The number of rotatable bonds is 12. The number of aryl methyl sites for hydroxylation is 2. The minimum atomic E-state index is -0.803. The van der Waals surface area contributed by atoms with E-state index in [0.717, 1.165) is 23.2 Å². The van der Waals surface area contributed by atoms with Crippen molar-refractivity contribution in [2.45, 2.75) is 49.7 Å². The molecule has 3 saturated heterocycles. The Morgan fingerprint density at radius 3 is 2.44 bits per heavy atom. The van der Waals surface area contributed by atoms with E-state index in [1.54, 1.807) is 33.7 Å². The first-order valence-electron chi connectivity index (χ1n) is 15.0. The average Bonchev–Trinajstić information content (AvgIpc) is 3.64. The highest BCUT2D eigenvalue weighted by molar-refractivity contribution is 8.02. The maximum absolute atomic E-state index is 14.6. The molecule has 2 unspecified atom stereocenters. The lowest BCUT2D eigenvalue weighted by atomic mass is 9.70. The first-order chi connectivity index (χ1) is 20.7. The van der Waals surface area contributed by atoms with Crippen molar-refractivity contribution in [2.75, 3.05) is 42.6 Å². The number of hydrogen-bond donors (Lipinski definition) is 1. The van der Waals surface area contributed by atoms with E-state index in [1.165, 1.54) is 4.90 Å². The predicted octanol–water partition coefficient (Wildman–Crippen LogP) is 4.52. The van der Waals surface area contributed by atoms with Crippen LogP contribution < -0.4 is 14.5 Å². The van der Waals surface area contributed by atoms with Crippen LogP contribution in [0.15, 0.2) is 67.8 Å². The van der Waals surface area contributed by atoms with Crippen molar-refractivity contribution in [1.82, 2.24) is 4.90 Å². The molecule has 5 atom stereocenters. The molecule has 3 aliphatic heterocycles. The summed E-state index contributed by atoms with van der Waals surface area (Å²) in [7, 11) is 0. The van der Waals surface area contributed by atoms with E-state index < -0.39 is 22.6 Å². The molecular formula is C34H41N3O5S. The number of β-amino-alcohol motifs (C(OH)–C–C–N with tert-alkyl or cyclic N) is 1. The van der Waals surface area contributed by atoms with Crippen molar-refractivity contribution in [3.63, 3.8) is 0 Å². The number of fused-ring (bicyclic) bond motifs is 1. The number of nitrogens with zero attached hydrogens (tertiary/aromatic N) is 3. The van der Waals surface area contributed by atoms with Crippen molar-refractivity contribution in [3.8, 4) is 5.75 Å². The molecule has 228 valence electrons. The Bertz CT molecular complexity index is 1410. The first-order valence-corrected chi connectivity index (χ1v) is 15.8. The molecule has 43 heavy (non-hydrogen) atoms. The molecule has 5 rings (SSSR count). The van der Waals surface area contributed by atoms with Gasteiger partial charge in [-0.05, 0) is 75.1 Å². The number of anilines is 2.